The Balaban J connectivity index is 3.24. The van der Waals surface area contributed by atoms with Gasteiger partial charge in [0, 0.05) is 5.41 Å². The lowest BCUT2D eigenvalue weighted by Crippen LogP contribution is -2.28. The third-order valence-corrected chi connectivity index (χ3v) is 2.70. The molecule has 0 saturated heterocycles. The number of hydrogen-bond donors (Lipinski definition) is 1. The van der Waals surface area contributed by atoms with Crippen LogP contribution in [0.4, 0.5) is 5.69 Å². The van der Waals surface area contributed by atoms with Crippen LogP contribution in [-0.2, 0) is 6.42 Å². The highest BCUT2D eigenvalue weighted by molar-refractivity contribution is 5.88. The summed E-state index contributed by atoms with van der Waals surface area (Å²) in [5.74, 6) is 0.691. The second-order valence-corrected chi connectivity index (χ2v) is 5.18. The average molecular weight is 218 g/mol. The van der Waals surface area contributed by atoms with E-state index in [0.717, 1.165) is 12.1 Å². The van der Waals surface area contributed by atoms with Crippen molar-refractivity contribution in [2.24, 2.45) is 16.1 Å². The molecule has 0 aliphatic carbocycles. The molecule has 0 aliphatic heterocycles. The van der Waals surface area contributed by atoms with Gasteiger partial charge in [-0.15, -0.1) is 0 Å². The minimum Gasteiger partial charge on any atom is -0.387 e. The van der Waals surface area contributed by atoms with Gasteiger partial charge in [-0.05, 0) is 24.5 Å². The summed E-state index contributed by atoms with van der Waals surface area (Å²) < 4.78 is 0. The molecule has 2 N–H and O–H groups in total. The summed E-state index contributed by atoms with van der Waals surface area (Å²) >= 11 is 0. The summed E-state index contributed by atoms with van der Waals surface area (Å²) in [5, 5.41) is 0. The van der Waals surface area contributed by atoms with Crippen LogP contribution in [0.3, 0.4) is 0 Å². The van der Waals surface area contributed by atoms with Crippen LogP contribution in [0.15, 0.2) is 23.2 Å². The molecule has 1 rings (SSSR count). The van der Waals surface area contributed by atoms with E-state index in [1.54, 1.807) is 0 Å². The first kappa shape index (κ1) is 12.8. The Bertz CT molecular complexity index is 398. The molecule has 0 fully saturated rings. The molecule has 0 amide bonds. The van der Waals surface area contributed by atoms with E-state index >= 15 is 0 Å². The summed E-state index contributed by atoms with van der Waals surface area (Å²) in [7, 11) is 0. The van der Waals surface area contributed by atoms with Crippen LogP contribution >= 0.6 is 0 Å². The number of hydrogen-bond acceptors (Lipinski definition) is 1. The summed E-state index contributed by atoms with van der Waals surface area (Å²) in [5.41, 5.74) is 9.43. The number of nitrogens with two attached hydrogens (primary N) is 1. The van der Waals surface area contributed by atoms with Gasteiger partial charge in [0.1, 0.15) is 5.84 Å². The lowest BCUT2D eigenvalue weighted by Gasteiger charge is -2.18. The fourth-order valence-electron chi connectivity index (χ4n) is 1.45. The van der Waals surface area contributed by atoms with Crippen molar-refractivity contribution < 1.29 is 0 Å². The van der Waals surface area contributed by atoms with Crippen molar-refractivity contribution >= 4 is 11.5 Å². The molecule has 88 valence electrons. The third kappa shape index (κ3) is 2.84. The van der Waals surface area contributed by atoms with Gasteiger partial charge in [-0.3, -0.25) is 0 Å². The summed E-state index contributed by atoms with van der Waals surface area (Å²) in [6.07, 6.45) is 0.984. The number of aryl methyl sites for hydroxylation is 2. The highest BCUT2D eigenvalue weighted by Crippen LogP contribution is 2.26. The molecule has 16 heavy (non-hydrogen) atoms. The number of rotatable bonds is 2. The highest BCUT2D eigenvalue weighted by Gasteiger charge is 2.16. The number of nitrogens with zero attached hydrogens (tertiary/aromatic N) is 1. The second-order valence-electron chi connectivity index (χ2n) is 5.18. The van der Waals surface area contributed by atoms with Crippen LogP contribution in [0.2, 0.25) is 0 Å². The molecule has 0 radical (unpaired) electrons. The van der Waals surface area contributed by atoms with Gasteiger partial charge in [-0.25, -0.2) is 4.99 Å². The zero-order valence-corrected chi connectivity index (χ0v) is 11.0. The molecule has 0 spiro atoms. The van der Waals surface area contributed by atoms with Gasteiger partial charge in [-0.2, -0.15) is 0 Å². The molecule has 2 heteroatoms. The molecule has 0 saturated carbocycles. The second kappa shape index (κ2) is 4.69. The highest BCUT2D eigenvalue weighted by atomic mass is 14.9. The van der Waals surface area contributed by atoms with Crippen molar-refractivity contribution in [3.8, 4) is 0 Å². The first-order valence-corrected chi connectivity index (χ1v) is 5.79. The largest absolute Gasteiger partial charge is 0.387 e. The molecule has 0 heterocycles. The quantitative estimate of drug-likeness (QED) is 0.598. The Morgan fingerprint density at radius 3 is 2.44 bits per heavy atom. The van der Waals surface area contributed by atoms with Crippen molar-refractivity contribution in [3.63, 3.8) is 0 Å². The predicted molar refractivity (Wildman–Crippen MR) is 71.3 cm³/mol. The van der Waals surface area contributed by atoms with E-state index in [-0.39, 0.29) is 5.41 Å². The molecular weight excluding hydrogens is 196 g/mol. The number of amidine groups is 1. The van der Waals surface area contributed by atoms with Crippen LogP contribution < -0.4 is 5.73 Å². The Kier molecular flexibility index (Phi) is 3.74. The van der Waals surface area contributed by atoms with Gasteiger partial charge in [0.2, 0.25) is 0 Å². The van der Waals surface area contributed by atoms with E-state index in [4.69, 9.17) is 5.73 Å². The van der Waals surface area contributed by atoms with Gasteiger partial charge in [0.25, 0.3) is 0 Å². The standard InChI is InChI=1S/C14H22N2/c1-6-11-9-7-8-10(2)12(11)16-13(15)14(3,4)5/h7-9H,6H2,1-5H3,(H2,15,16). The van der Waals surface area contributed by atoms with Crippen molar-refractivity contribution in [1.82, 2.24) is 0 Å². The van der Waals surface area contributed by atoms with Crippen LogP contribution in [-0.4, -0.2) is 5.84 Å². The lowest BCUT2D eigenvalue weighted by atomic mass is 9.95. The topological polar surface area (TPSA) is 38.4 Å². The number of benzene rings is 1. The fourth-order valence-corrected chi connectivity index (χ4v) is 1.45. The SMILES string of the molecule is CCc1cccc(C)c1N=C(N)C(C)(C)C. The lowest BCUT2D eigenvalue weighted by molar-refractivity contribution is 0.585. The molecule has 0 bridgehead atoms. The van der Waals surface area contributed by atoms with Crippen molar-refractivity contribution in [3.05, 3.63) is 29.3 Å². The van der Waals surface area contributed by atoms with Crippen molar-refractivity contribution in [1.29, 1.82) is 0 Å². The van der Waals surface area contributed by atoms with Crippen LogP contribution in [0.5, 0.6) is 0 Å². The minimum absolute atomic E-state index is 0.0761. The number of aliphatic imine (C=N–C) groups is 1. The van der Waals surface area contributed by atoms with E-state index in [1.807, 2.05) is 0 Å². The van der Waals surface area contributed by atoms with Crippen LogP contribution in [0, 0.1) is 12.3 Å². The maximum atomic E-state index is 6.03. The molecular formula is C14H22N2. The molecule has 0 unspecified atom stereocenters. The van der Waals surface area contributed by atoms with E-state index in [2.05, 4.69) is 57.8 Å². The van der Waals surface area contributed by atoms with Gasteiger partial charge < -0.3 is 5.73 Å². The van der Waals surface area contributed by atoms with Crippen LogP contribution in [0.1, 0.15) is 38.8 Å². The first-order valence-electron chi connectivity index (χ1n) is 5.79. The minimum atomic E-state index is -0.0761. The van der Waals surface area contributed by atoms with E-state index in [0.29, 0.717) is 5.84 Å². The van der Waals surface area contributed by atoms with Gasteiger partial charge >= 0.3 is 0 Å². The van der Waals surface area contributed by atoms with E-state index in [1.165, 1.54) is 11.1 Å². The smallest absolute Gasteiger partial charge is 0.105 e. The Morgan fingerprint density at radius 2 is 1.94 bits per heavy atom. The molecule has 1 aromatic rings. The average Bonchev–Trinajstić information content (AvgIpc) is 2.19. The maximum absolute atomic E-state index is 6.03. The first-order chi connectivity index (χ1) is 7.36. The Labute approximate surface area is 98.6 Å². The molecule has 2 nitrogen and oxygen atoms in total. The molecule has 0 aliphatic rings. The zero-order chi connectivity index (χ0) is 12.3. The Morgan fingerprint density at radius 1 is 1.31 bits per heavy atom. The summed E-state index contributed by atoms with van der Waals surface area (Å²) in [6.45, 7) is 10.5. The molecule has 1 aromatic carbocycles. The van der Waals surface area contributed by atoms with Crippen molar-refractivity contribution in [2.45, 2.75) is 41.0 Å². The monoisotopic (exact) mass is 218 g/mol. The fraction of sp³-hybridized carbons (Fsp3) is 0.500. The van der Waals surface area contributed by atoms with Crippen molar-refractivity contribution in [2.75, 3.05) is 0 Å². The summed E-state index contributed by atoms with van der Waals surface area (Å²) in [4.78, 5) is 4.60. The Hall–Kier alpha value is -1.31. The third-order valence-electron chi connectivity index (χ3n) is 2.70. The van der Waals surface area contributed by atoms with Gasteiger partial charge in [0.15, 0.2) is 0 Å². The normalized spacial score (nSPS) is 12.9. The molecule has 0 aromatic heterocycles. The number of para-hydroxylation sites is 1. The van der Waals surface area contributed by atoms with Gasteiger partial charge in [0.05, 0.1) is 5.69 Å². The van der Waals surface area contributed by atoms with E-state index in [9.17, 15) is 0 Å². The maximum Gasteiger partial charge on any atom is 0.105 e. The van der Waals surface area contributed by atoms with Gasteiger partial charge in [-0.1, -0.05) is 45.9 Å². The van der Waals surface area contributed by atoms with Crippen LogP contribution in [0.25, 0.3) is 0 Å². The predicted octanol–water partition coefficient (Wildman–Crippen LogP) is 3.59. The molecule has 0 atom stereocenters. The zero-order valence-electron chi connectivity index (χ0n) is 11.0. The summed E-state index contributed by atoms with van der Waals surface area (Å²) in [6, 6.07) is 6.26. The van der Waals surface area contributed by atoms with E-state index < -0.39 is 0 Å².